The number of benzene rings is 2. The molecule has 1 heterocycles. The van der Waals surface area contributed by atoms with Crippen LogP contribution in [0.4, 0.5) is 39.5 Å². The van der Waals surface area contributed by atoms with E-state index < -0.39 is 80.3 Å². The molecular weight excluding hydrogens is 695 g/mol. The second kappa shape index (κ2) is 16.2. The van der Waals surface area contributed by atoms with E-state index in [9.17, 15) is 44.3 Å². The molecule has 1 saturated carbocycles. The maximum atomic E-state index is 14.5. The zero-order valence-electron chi connectivity index (χ0n) is 27.1. The molecule has 1 amide bonds. The van der Waals surface area contributed by atoms with Gasteiger partial charge < -0.3 is 10.1 Å². The fourth-order valence-corrected chi connectivity index (χ4v) is 7.57. The Balaban J connectivity index is 0.00000332. The molecule has 270 valence electrons. The maximum absolute atomic E-state index is 14.5. The minimum atomic E-state index is -6.12. The van der Waals surface area contributed by atoms with E-state index in [2.05, 4.69) is 34.1 Å². The molecule has 1 N–H and O–H groups in total. The van der Waals surface area contributed by atoms with Crippen LogP contribution < -0.4 is 5.32 Å². The van der Waals surface area contributed by atoms with Crippen LogP contribution in [0.15, 0.2) is 103 Å². The smallest absolute Gasteiger partial charge is 0.349 e. The zero-order chi connectivity index (χ0) is 37.5. The lowest BCUT2D eigenvalue weighted by Gasteiger charge is -2.38. The third kappa shape index (κ3) is 8.40. The second-order valence-electron chi connectivity index (χ2n) is 11.0. The summed E-state index contributed by atoms with van der Waals surface area (Å²) >= 11 is 0. The van der Waals surface area contributed by atoms with Gasteiger partial charge in [0, 0.05) is 39.9 Å². The molecule has 3 atom stereocenters. The highest BCUT2D eigenvalue weighted by atomic mass is 32.2. The summed E-state index contributed by atoms with van der Waals surface area (Å²) in [5.41, 5.74) is -6.86. The number of hydrogen-bond donors (Lipinski definition) is 1. The van der Waals surface area contributed by atoms with Gasteiger partial charge in [0.1, 0.15) is 17.5 Å². The minimum absolute atomic E-state index is 0.159. The van der Waals surface area contributed by atoms with Gasteiger partial charge >= 0.3 is 12.4 Å². The summed E-state index contributed by atoms with van der Waals surface area (Å²) in [7, 11) is -1.15. The fraction of sp³-hybridized carbons (Fsp3) is 0.306. The van der Waals surface area contributed by atoms with Crippen molar-refractivity contribution in [1.29, 1.82) is 0 Å². The number of nitrogens with one attached hydrogen (secondary N) is 1. The summed E-state index contributed by atoms with van der Waals surface area (Å²) in [4.78, 5) is 17.1. The van der Waals surface area contributed by atoms with Gasteiger partial charge in [-0.2, -0.15) is 36.8 Å². The number of hydrogen-bond acceptors (Lipinski definition) is 3. The molecule has 0 saturated heterocycles. The van der Waals surface area contributed by atoms with Gasteiger partial charge in [-0.3, -0.25) is 9.78 Å². The Labute approximate surface area is 286 Å². The van der Waals surface area contributed by atoms with Gasteiger partial charge in [-0.25, -0.2) is 13.2 Å². The number of halogens is 9. The Morgan fingerprint density at radius 1 is 0.960 bits per heavy atom. The van der Waals surface area contributed by atoms with Crippen molar-refractivity contribution in [1.82, 2.24) is 10.3 Å². The Bertz CT molecular complexity index is 1690. The van der Waals surface area contributed by atoms with Gasteiger partial charge in [-0.15, -0.1) is 0 Å². The molecule has 0 aliphatic heterocycles. The molecule has 2 aromatic carbocycles. The van der Waals surface area contributed by atoms with Crippen molar-refractivity contribution in [3.8, 4) is 0 Å². The zero-order valence-corrected chi connectivity index (χ0v) is 27.9. The van der Waals surface area contributed by atoms with Gasteiger partial charge in [0.25, 0.3) is 11.5 Å². The van der Waals surface area contributed by atoms with Gasteiger partial charge in [-0.05, 0) is 66.1 Å². The van der Waals surface area contributed by atoms with Crippen molar-refractivity contribution in [2.24, 2.45) is 0 Å². The van der Waals surface area contributed by atoms with E-state index in [1.165, 1.54) is 30.6 Å². The number of allylic oxidation sites excluding steroid dienone is 3. The van der Waals surface area contributed by atoms with E-state index in [4.69, 9.17) is 0 Å². The van der Waals surface area contributed by atoms with E-state index in [0.29, 0.717) is 41.2 Å². The van der Waals surface area contributed by atoms with Gasteiger partial charge in [0.15, 0.2) is 0 Å². The molecule has 4 rings (SSSR count). The largest absolute Gasteiger partial charge is 0.430 e. The average molecular weight is 731 g/mol. The highest BCUT2D eigenvalue weighted by Crippen LogP contribution is 2.57. The Morgan fingerprint density at radius 2 is 1.52 bits per heavy atom. The molecule has 3 aromatic rings. The monoisotopic (exact) mass is 730 g/mol. The van der Waals surface area contributed by atoms with Crippen molar-refractivity contribution < 1.29 is 49.0 Å². The van der Waals surface area contributed by atoms with E-state index in [1.807, 2.05) is 13.8 Å². The van der Waals surface area contributed by atoms with Crippen LogP contribution in [0.1, 0.15) is 60.2 Å². The van der Waals surface area contributed by atoms with E-state index >= 15 is 0 Å². The topological polar surface area (TPSA) is 51.2 Å². The lowest BCUT2D eigenvalue weighted by Crippen LogP contribution is -2.56. The van der Waals surface area contributed by atoms with Crippen LogP contribution in [0.3, 0.4) is 0 Å². The summed E-state index contributed by atoms with van der Waals surface area (Å²) in [6.07, 6.45) is -6.23. The van der Waals surface area contributed by atoms with Crippen LogP contribution in [-0.2, 0) is 21.7 Å². The number of aromatic nitrogens is 1. The number of alkyl halides is 6. The predicted octanol–water partition coefficient (Wildman–Crippen LogP) is 10.4. The maximum Gasteiger partial charge on any atom is 0.430 e. The number of nitrogens with zero attached hydrogens (tertiary/aromatic N) is 1. The van der Waals surface area contributed by atoms with Crippen LogP contribution in [-0.4, -0.2) is 35.2 Å². The number of amides is 1. The van der Waals surface area contributed by atoms with E-state index in [0.717, 1.165) is 24.3 Å². The standard InChI is InChI=1S/C34H29F9N2O2S.C2H6/c1-21(35)7-8-22(2)48(3)31(16-13-26(19-31)45-30(46)23-14-17-44-18-15-23)24-9-11-25(12-10-24)32(33(38,39)40,34(41,42)43)47-20-27-28(36)5-4-6-29(27)37;1-2/h4-12,14-15,17-18,26H,1-3,13,16,19-20H2,(H,45,46);1-2H3/b8-7-;. The average Bonchev–Trinajstić information content (AvgIpc) is 3.49. The molecule has 1 aromatic heterocycles. The fourth-order valence-electron chi connectivity index (χ4n) is 5.64. The summed E-state index contributed by atoms with van der Waals surface area (Å²) < 4.78 is 132. The predicted molar refractivity (Wildman–Crippen MR) is 177 cm³/mol. The molecule has 0 radical (unpaired) electrons. The Kier molecular flexibility index (Phi) is 13.1. The van der Waals surface area contributed by atoms with Gasteiger partial charge in [0.2, 0.25) is 0 Å². The molecule has 1 fully saturated rings. The summed E-state index contributed by atoms with van der Waals surface area (Å²) in [5, 5.41) is 2.89. The highest BCUT2D eigenvalue weighted by Gasteiger charge is 2.73. The molecule has 0 spiro atoms. The lowest BCUT2D eigenvalue weighted by atomic mass is 9.88. The van der Waals surface area contributed by atoms with Crippen molar-refractivity contribution in [2.75, 3.05) is 0 Å². The molecule has 1 aliphatic rings. The van der Waals surface area contributed by atoms with Crippen LogP contribution in [0, 0.1) is 11.6 Å². The molecular formula is C36H35F9N2O2S. The number of carbonyl (C=O) groups is 1. The number of rotatable bonds is 11. The van der Waals surface area contributed by atoms with Crippen molar-refractivity contribution >= 4 is 22.3 Å². The van der Waals surface area contributed by atoms with Crippen molar-refractivity contribution in [3.63, 3.8) is 0 Å². The first kappa shape index (κ1) is 40.3. The van der Waals surface area contributed by atoms with Crippen molar-refractivity contribution in [2.45, 2.75) is 68.5 Å². The number of pyridine rings is 1. The Hall–Kier alpha value is -4.17. The van der Waals surface area contributed by atoms with Crippen LogP contribution in [0.2, 0.25) is 0 Å². The lowest BCUT2D eigenvalue weighted by molar-refractivity contribution is -0.392. The van der Waals surface area contributed by atoms with Crippen LogP contribution >= 0.6 is 10.5 Å². The molecule has 3 unspecified atom stereocenters. The quantitative estimate of drug-likeness (QED) is 0.121. The third-order valence-electron chi connectivity index (χ3n) is 8.10. The van der Waals surface area contributed by atoms with E-state index in [-0.39, 0.29) is 18.4 Å². The first-order chi connectivity index (χ1) is 23.4. The van der Waals surface area contributed by atoms with Gasteiger partial charge in [0.05, 0.1) is 6.61 Å². The summed E-state index contributed by atoms with van der Waals surface area (Å²) in [6.45, 7) is 9.41. The van der Waals surface area contributed by atoms with Crippen molar-refractivity contribution in [3.05, 3.63) is 137 Å². The highest BCUT2D eigenvalue weighted by molar-refractivity contribution is 8.18. The Morgan fingerprint density at radius 3 is 2.04 bits per heavy atom. The minimum Gasteiger partial charge on any atom is -0.349 e. The van der Waals surface area contributed by atoms with Gasteiger partial charge in [-0.1, -0.05) is 63.2 Å². The molecule has 50 heavy (non-hydrogen) atoms. The van der Waals surface area contributed by atoms with Crippen LogP contribution in [0.25, 0.3) is 0 Å². The SMILES string of the molecule is C=C(F)/C=C\C(=C)S(=C)C1(c2ccc(C(OCc3c(F)cccc3F)(C(F)(F)F)C(F)(F)F)cc2)CCC(NC(=O)c2ccncc2)C1.CC. The number of ether oxygens (including phenoxy) is 1. The summed E-state index contributed by atoms with van der Waals surface area (Å²) in [5.74, 6) is 0.219. The number of carbonyl (C=O) groups excluding carboxylic acids is 1. The first-order valence-electron chi connectivity index (χ1n) is 15.2. The molecule has 1 aliphatic carbocycles. The molecule has 0 bridgehead atoms. The van der Waals surface area contributed by atoms with E-state index in [1.54, 1.807) is 0 Å². The third-order valence-corrected chi connectivity index (χ3v) is 10.4. The summed E-state index contributed by atoms with van der Waals surface area (Å²) in [6, 6.07) is 8.08. The van der Waals surface area contributed by atoms with Crippen LogP contribution in [0.5, 0.6) is 0 Å². The molecule has 14 heteroatoms. The second-order valence-corrected chi connectivity index (χ2v) is 13.1. The molecule has 4 nitrogen and oxygen atoms in total. The first-order valence-corrected chi connectivity index (χ1v) is 16.6. The normalized spacial score (nSPS) is 18.7.